The van der Waals surface area contributed by atoms with Gasteiger partial charge < -0.3 is 9.90 Å². The molecule has 2 rings (SSSR count). The van der Waals surface area contributed by atoms with Crippen LogP contribution in [0.2, 0.25) is 0 Å². The minimum absolute atomic E-state index is 0.417. The van der Waals surface area contributed by atoms with E-state index in [1.807, 2.05) is 30.3 Å². The van der Waals surface area contributed by atoms with Crippen LogP contribution < -0.4 is 5.11 Å². The fourth-order valence-corrected chi connectivity index (χ4v) is 1.49. The Hall–Kier alpha value is -2.16. The highest BCUT2D eigenvalue weighted by molar-refractivity contribution is 5.87. The van der Waals surface area contributed by atoms with Crippen LogP contribution in [-0.2, 0) is 0 Å². The van der Waals surface area contributed by atoms with E-state index in [9.17, 15) is 14.3 Å². The van der Waals surface area contributed by atoms with E-state index in [0.29, 0.717) is 5.56 Å². The third-order valence-corrected chi connectivity index (χ3v) is 2.30. The minimum Gasteiger partial charge on any atom is -0.545 e. The van der Waals surface area contributed by atoms with E-state index in [-0.39, 0.29) is 0 Å². The monoisotopic (exact) mass is 215 g/mol. The molecule has 0 saturated carbocycles. The maximum absolute atomic E-state index is 13.4. The Kier molecular flexibility index (Phi) is 2.68. The summed E-state index contributed by atoms with van der Waals surface area (Å²) in [4.78, 5) is 10.5. The Morgan fingerprint density at radius 3 is 2.25 bits per heavy atom. The number of benzene rings is 2. The Bertz CT molecular complexity index is 521. The molecule has 0 fully saturated rings. The van der Waals surface area contributed by atoms with Crippen molar-refractivity contribution in [1.82, 2.24) is 0 Å². The summed E-state index contributed by atoms with van der Waals surface area (Å²) in [5.41, 5.74) is 1.06. The first kappa shape index (κ1) is 10.4. The number of halogens is 1. The van der Waals surface area contributed by atoms with Crippen molar-refractivity contribution in [2.45, 2.75) is 0 Å². The van der Waals surface area contributed by atoms with E-state index in [0.717, 1.165) is 5.56 Å². The lowest BCUT2D eigenvalue weighted by Crippen LogP contribution is -2.23. The molecule has 0 aromatic heterocycles. The van der Waals surface area contributed by atoms with Gasteiger partial charge in [-0.2, -0.15) is 0 Å². The first-order valence-corrected chi connectivity index (χ1v) is 4.75. The molecule has 80 valence electrons. The highest BCUT2D eigenvalue weighted by Crippen LogP contribution is 2.21. The number of carbonyl (C=O) groups excluding carboxylic acids is 1. The predicted molar refractivity (Wildman–Crippen MR) is 56.2 cm³/mol. The molecular weight excluding hydrogens is 207 g/mol. The molecule has 2 nitrogen and oxygen atoms in total. The molecule has 0 unspecified atom stereocenters. The Morgan fingerprint density at radius 2 is 1.69 bits per heavy atom. The van der Waals surface area contributed by atoms with Crippen molar-refractivity contribution in [3.63, 3.8) is 0 Å². The third kappa shape index (κ3) is 1.93. The Morgan fingerprint density at radius 1 is 1.00 bits per heavy atom. The molecule has 0 aliphatic rings. The van der Waals surface area contributed by atoms with Crippen molar-refractivity contribution in [1.29, 1.82) is 0 Å². The number of hydrogen-bond acceptors (Lipinski definition) is 2. The smallest absolute Gasteiger partial charge is 0.132 e. The highest BCUT2D eigenvalue weighted by atomic mass is 19.1. The van der Waals surface area contributed by atoms with Gasteiger partial charge in [-0.3, -0.25) is 0 Å². The van der Waals surface area contributed by atoms with Gasteiger partial charge in [0.25, 0.3) is 0 Å². The summed E-state index contributed by atoms with van der Waals surface area (Å²) >= 11 is 0. The van der Waals surface area contributed by atoms with Crippen molar-refractivity contribution in [3.05, 3.63) is 59.9 Å². The molecule has 0 saturated heterocycles. The second-order valence-corrected chi connectivity index (χ2v) is 3.35. The summed E-state index contributed by atoms with van der Waals surface area (Å²) in [6.45, 7) is 0. The summed E-state index contributed by atoms with van der Waals surface area (Å²) in [6.07, 6.45) is 0. The van der Waals surface area contributed by atoms with Crippen molar-refractivity contribution >= 4 is 5.97 Å². The second kappa shape index (κ2) is 4.14. The molecule has 0 aliphatic carbocycles. The van der Waals surface area contributed by atoms with Gasteiger partial charge in [0.2, 0.25) is 0 Å². The van der Waals surface area contributed by atoms with Gasteiger partial charge in [0.05, 0.1) is 5.97 Å². The van der Waals surface area contributed by atoms with E-state index >= 15 is 0 Å². The van der Waals surface area contributed by atoms with E-state index in [1.165, 1.54) is 12.1 Å². The molecule has 0 spiro atoms. The molecule has 0 bridgehead atoms. The zero-order valence-electron chi connectivity index (χ0n) is 8.31. The van der Waals surface area contributed by atoms with Gasteiger partial charge >= 0.3 is 0 Å². The zero-order valence-corrected chi connectivity index (χ0v) is 8.31. The van der Waals surface area contributed by atoms with E-state index in [1.54, 1.807) is 6.07 Å². The molecule has 16 heavy (non-hydrogen) atoms. The maximum atomic E-state index is 13.4. The molecule has 0 heterocycles. The van der Waals surface area contributed by atoms with Crippen LogP contribution in [0.4, 0.5) is 4.39 Å². The number of carboxylic acid groups (broad SMARTS) is 1. The highest BCUT2D eigenvalue weighted by Gasteiger charge is 2.05. The van der Waals surface area contributed by atoms with E-state index in [4.69, 9.17) is 0 Å². The molecule has 2 aromatic carbocycles. The fourth-order valence-electron chi connectivity index (χ4n) is 1.49. The van der Waals surface area contributed by atoms with Crippen LogP contribution in [0.15, 0.2) is 48.5 Å². The molecule has 2 aromatic rings. The normalized spacial score (nSPS) is 10.1. The van der Waals surface area contributed by atoms with E-state index in [2.05, 4.69) is 0 Å². The molecule has 0 atom stereocenters. The van der Waals surface area contributed by atoms with Gasteiger partial charge in [-0.05, 0) is 23.3 Å². The van der Waals surface area contributed by atoms with Gasteiger partial charge in [0, 0.05) is 5.56 Å². The lowest BCUT2D eigenvalue weighted by atomic mass is 10.0. The van der Waals surface area contributed by atoms with E-state index < -0.39 is 17.3 Å². The SMILES string of the molecule is O=C([O-])c1ccc(-c2ccccc2)cc1F. The second-order valence-electron chi connectivity index (χ2n) is 3.35. The third-order valence-electron chi connectivity index (χ3n) is 2.30. The molecule has 0 N–H and O–H groups in total. The summed E-state index contributed by atoms with van der Waals surface area (Å²) in [5, 5.41) is 10.5. The topological polar surface area (TPSA) is 40.1 Å². The lowest BCUT2D eigenvalue weighted by molar-refractivity contribution is -0.255. The fraction of sp³-hybridized carbons (Fsp3) is 0. The first-order valence-electron chi connectivity index (χ1n) is 4.75. The summed E-state index contributed by atoms with van der Waals surface area (Å²) < 4.78 is 13.4. The number of hydrogen-bond donors (Lipinski definition) is 0. The van der Waals surface area contributed by atoms with Gasteiger partial charge in [-0.1, -0.05) is 36.4 Å². The average molecular weight is 215 g/mol. The predicted octanol–water partition coefficient (Wildman–Crippen LogP) is 1.86. The lowest BCUT2D eigenvalue weighted by Gasteiger charge is -2.06. The largest absolute Gasteiger partial charge is 0.545 e. The van der Waals surface area contributed by atoms with Crippen LogP contribution in [-0.4, -0.2) is 5.97 Å². The van der Waals surface area contributed by atoms with Crippen molar-refractivity contribution in [3.8, 4) is 11.1 Å². The number of aromatic carboxylic acids is 1. The number of carboxylic acids is 1. The van der Waals surface area contributed by atoms with Crippen LogP contribution in [0.5, 0.6) is 0 Å². The number of carbonyl (C=O) groups is 1. The van der Waals surface area contributed by atoms with Gasteiger partial charge in [-0.25, -0.2) is 4.39 Å². The molecular formula is C13H8FO2-. The van der Waals surface area contributed by atoms with Crippen LogP contribution in [0.25, 0.3) is 11.1 Å². The molecule has 0 radical (unpaired) electrons. The summed E-state index contributed by atoms with van der Waals surface area (Å²) in [5.74, 6) is -2.28. The van der Waals surface area contributed by atoms with Crippen molar-refractivity contribution in [2.75, 3.05) is 0 Å². The van der Waals surface area contributed by atoms with Crippen LogP contribution in [0.1, 0.15) is 10.4 Å². The molecule has 0 amide bonds. The quantitative estimate of drug-likeness (QED) is 0.767. The number of rotatable bonds is 2. The average Bonchev–Trinajstić information content (AvgIpc) is 2.29. The Labute approximate surface area is 92.0 Å². The van der Waals surface area contributed by atoms with Gasteiger partial charge in [-0.15, -0.1) is 0 Å². The van der Waals surface area contributed by atoms with Crippen LogP contribution in [0.3, 0.4) is 0 Å². The molecule has 0 aliphatic heterocycles. The van der Waals surface area contributed by atoms with Gasteiger partial charge in [0.1, 0.15) is 5.82 Å². The van der Waals surface area contributed by atoms with Crippen molar-refractivity contribution < 1.29 is 14.3 Å². The zero-order chi connectivity index (χ0) is 11.5. The maximum Gasteiger partial charge on any atom is 0.132 e. The van der Waals surface area contributed by atoms with Gasteiger partial charge in [0.15, 0.2) is 0 Å². The Balaban J connectivity index is 2.46. The van der Waals surface area contributed by atoms with Crippen molar-refractivity contribution in [2.24, 2.45) is 0 Å². The van der Waals surface area contributed by atoms with Crippen LogP contribution in [0, 0.1) is 5.82 Å². The summed E-state index contributed by atoms with van der Waals surface area (Å²) in [6, 6.07) is 13.1. The molecule has 3 heteroatoms. The minimum atomic E-state index is -1.50. The first-order chi connectivity index (χ1) is 7.68. The van der Waals surface area contributed by atoms with Crippen LogP contribution >= 0.6 is 0 Å². The summed E-state index contributed by atoms with van der Waals surface area (Å²) in [7, 11) is 0. The standard InChI is InChI=1S/C13H9FO2/c14-12-8-10(6-7-11(12)13(15)16)9-4-2-1-3-5-9/h1-8H,(H,15,16)/p-1.